The minimum absolute atomic E-state index is 0.198. The molecule has 2 atom stereocenters. The first-order valence-corrected chi connectivity index (χ1v) is 9.38. The van der Waals surface area contributed by atoms with Crippen LogP contribution in [0.5, 0.6) is 0 Å². The Morgan fingerprint density at radius 3 is 2.62 bits per heavy atom. The number of rotatable bonds is 3. The lowest BCUT2D eigenvalue weighted by atomic mass is 9.79. The summed E-state index contributed by atoms with van der Waals surface area (Å²) in [6.07, 6.45) is 6.73. The summed E-state index contributed by atoms with van der Waals surface area (Å²) in [7, 11) is -3.42. The molecular formula is C16H24N2O2S. The first kappa shape index (κ1) is 15.0. The number of sulfonamides is 1. The van der Waals surface area contributed by atoms with Gasteiger partial charge in [0.15, 0.2) is 0 Å². The number of fused-ring (bicyclic) bond motifs is 1. The van der Waals surface area contributed by atoms with Gasteiger partial charge in [0.25, 0.3) is 0 Å². The van der Waals surface area contributed by atoms with Gasteiger partial charge in [-0.15, -0.1) is 0 Å². The summed E-state index contributed by atoms with van der Waals surface area (Å²) in [6, 6.07) is 7.34. The molecule has 21 heavy (non-hydrogen) atoms. The summed E-state index contributed by atoms with van der Waals surface area (Å²) < 4.78 is 28.0. The van der Waals surface area contributed by atoms with E-state index in [9.17, 15) is 8.42 Å². The van der Waals surface area contributed by atoms with E-state index < -0.39 is 10.0 Å². The maximum absolute atomic E-state index is 13.1. The van der Waals surface area contributed by atoms with Crippen LogP contribution in [0.1, 0.15) is 44.1 Å². The minimum Gasteiger partial charge on any atom is -0.326 e. The zero-order valence-electron chi connectivity index (χ0n) is 12.4. The average molecular weight is 308 g/mol. The molecule has 0 unspecified atom stereocenters. The third-order valence-electron chi connectivity index (χ3n) is 4.97. The van der Waals surface area contributed by atoms with Crippen molar-refractivity contribution >= 4 is 10.0 Å². The first-order chi connectivity index (χ1) is 10.1. The van der Waals surface area contributed by atoms with E-state index in [-0.39, 0.29) is 12.6 Å². The van der Waals surface area contributed by atoms with E-state index in [4.69, 9.17) is 5.73 Å². The summed E-state index contributed by atoms with van der Waals surface area (Å²) in [5.41, 5.74) is 6.44. The number of benzene rings is 1. The Bertz CT molecular complexity index is 598. The standard InChI is InChI=1S/C16H24N2O2S/c17-12-14-7-2-4-10-16(14)21(19,20)18-11-5-8-13-6-1-3-9-15(13)18/h2,4,7,10,13,15H,1,3,5-6,8-9,11-12,17H2/t13-,15-/m1/s1. The number of piperidine rings is 1. The van der Waals surface area contributed by atoms with Gasteiger partial charge in [-0.3, -0.25) is 0 Å². The molecule has 1 aliphatic carbocycles. The van der Waals surface area contributed by atoms with Gasteiger partial charge in [-0.05, 0) is 43.2 Å². The van der Waals surface area contributed by atoms with E-state index in [1.165, 1.54) is 19.3 Å². The number of hydrogen-bond donors (Lipinski definition) is 1. The summed E-state index contributed by atoms with van der Waals surface area (Å²) in [5, 5.41) is 0. The Morgan fingerprint density at radius 2 is 1.81 bits per heavy atom. The van der Waals surface area contributed by atoms with E-state index in [1.54, 1.807) is 16.4 Å². The van der Waals surface area contributed by atoms with Crippen LogP contribution in [0.2, 0.25) is 0 Å². The topological polar surface area (TPSA) is 63.4 Å². The zero-order valence-corrected chi connectivity index (χ0v) is 13.2. The molecule has 0 aromatic heterocycles. The highest BCUT2D eigenvalue weighted by molar-refractivity contribution is 7.89. The SMILES string of the molecule is NCc1ccccc1S(=O)(=O)N1CCC[C@H]2CCCC[C@H]21. The molecule has 1 saturated carbocycles. The van der Waals surface area contributed by atoms with Crippen LogP contribution in [0.4, 0.5) is 0 Å². The summed E-state index contributed by atoms with van der Waals surface area (Å²) >= 11 is 0. The molecule has 0 spiro atoms. The number of hydrogen-bond acceptors (Lipinski definition) is 3. The van der Waals surface area contributed by atoms with Crippen molar-refractivity contribution < 1.29 is 8.42 Å². The van der Waals surface area contributed by atoms with Crippen molar-refractivity contribution in [1.82, 2.24) is 4.31 Å². The molecule has 116 valence electrons. The largest absolute Gasteiger partial charge is 0.326 e. The smallest absolute Gasteiger partial charge is 0.243 e. The second-order valence-corrected chi connectivity index (χ2v) is 8.04. The summed E-state index contributed by atoms with van der Waals surface area (Å²) in [6.45, 7) is 0.916. The highest BCUT2D eigenvalue weighted by Crippen LogP contribution is 2.38. The van der Waals surface area contributed by atoms with Gasteiger partial charge in [-0.25, -0.2) is 8.42 Å². The maximum Gasteiger partial charge on any atom is 0.243 e. The predicted octanol–water partition coefficient (Wildman–Crippen LogP) is 2.49. The lowest BCUT2D eigenvalue weighted by Crippen LogP contribution is -2.49. The molecule has 3 rings (SSSR count). The van der Waals surface area contributed by atoms with E-state index in [1.807, 2.05) is 12.1 Å². The van der Waals surface area contributed by atoms with Crippen LogP contribution < -0.4 is 5.73 Å². The van der Waals surface area contributed by atoms with Gasteiger partial charge in [0.05, 0.1) is 4.90 Å². The molecule has 1 saturated heterocycles. The normalized spacial score (nSPS) is 27.3. The molecule has 0 radical (unpaired) electrons. The van der Waals surface area contributed by atoms with Crippen molar-refractivity contribution in [2.24, 2.45) is 11.7 Å². The Balaban J connectivity index is 1.96. The molecule has 4 nitrogen and oxygen atoms in total. The molecule has 0 amide bonds. The van der Waals surface area contributed by atoms with E-state index in [0.29, 0.717) is 17.4 Å². The van der Waals surface area contributed by atoms with Crippen LogP contribution in [0, 0.1) is 5.92 Å². The maximum atomic E-state index is 13.1. The van der Waals surface area contributed by atoms with E-state index >= 15 is 0 Å². The Hall–Kier alpha value is -0.910. The van der Waals surface area contributed by atoms with Crippen molar-refractivity contribution in [3.8, 4) is 0 Å². The molecule has 2 fully saturated rings. The quantitative estimate of drug-likeness (QED) is 0.933. The molecule has 2 N–H and O–H groups in total. The fraction of sp³-hybridized carbons (Fsp3) is 0.625. The van der Waals surface area contributed by atoms with Crippen LogP contribution in [0.25, 0.3) is 0 Å². The van der Waals surface area contributed by atoms with Crippen LogP contribution in [-0.2, 0) is 16.6 Å². The fourth-order valence-electron chi connectivity index (χ4n) is 3.93. The van der Waals surface area contributed by atoms with Crippen molar-refractivity contribution in [3.63, 3.8) is 0 Å². The highest BCUT2D eigenvalue weighted by atomic mass is 32.2. The van der Waals surface area contributed by atoms with Crippen molar-refractivity contribution in [1.29, 1.82) is 0 Å². The predicted molar refractivity (Wildman–Crippen MR) is 83.2 cm³/mol. The molecular weight excluding hydrogens is 284 g/mol. The van der Waals surface area contributed by atoms with Gasteiger partial charge in [-0.2, -0.15) is 4.31 Å². The van der Waals surface area contributed by atoms with Crippen LogP contribution >= 0.6 is 0 Å². The Labute approximate surface area is 127 Å². The highest BCUT2D eigenvalue weighted by Gasteiger charge is 2.40. The third-order valence-corrected chi connectivity index (χ3v) is 7.00. The Morgan fingerprint density at radius 1 is 1.10 bits per heavy atom. The Kier molecular flexibility index (Phi) is 4.33. The molecule has 1 aliphatic heterocycles. The van der Waals surface area contributed by atoms with Gasteiger partial charge >= 0.3 is 0 Å². The van der Waals surface area contributed by atoms with Crippen molar-refractivity contribution in [2.45, 2.75) is 56.0 Å². The van der Waals surface area contributed by atoms with Gasteiger partial charge in [0.1, 0.15) is 0 Å². The first-order valence-electron chi connectivity index (χ1n) is 7.94. The van der Waals surface area contributed by atoms with Crippen molar-refractivity contribution in [2.75, 3.05) is 6.54 Å². The summed E-state index contributed by atoms with van der Waals surface area (Å²) in [4.78, 5) is 0.402. The van der Waals surface area contributed by atoms with Crippen molar-refractivity contribution in [3.05, 3.63) is 29.8 Å². The third kappa shape index (κ3) is 2.74. The van der Waals surface area contributed by atoms with Gasteiger partial charge < -0.3 is 5.73 Å². The molecule has 2 aliphatic rings. The molecule has 1 heterocycles. The average Bonchev–Trinajstić information content (AvgIpc) is 2.54. The molecule has 1 aromatic rings. The van der Waals surface area contributed by atoms with Crippen LogP contribution in [0.3, 0.4) is 0 Å². The van der Waals surface area contributed by atoms with Crippen LogP contribution in [0.15, 0.2) is 29.2 Å². The second kappa shape index (κ2) is 6.07. The van der Waals surface area contributed by atoms with E-state index in [2.05, 4.69) is 0 Å². The monoisotopic (exact) mass is 308 g/mol. The second-order valence-electron chi connectivity index (χ2n) is 6.18. The summed E-state index contributed by atoms with van der Waals surface area (Å²) in [5.74, 6) is 0.548. The molecule has 5 heteroatoms. The lowest BCUT2D eigenvalue weighted by molar-refractivity contribution is 0.129. The van der Waals surface area contributed by atoms with Gasteiger partial charge in [0.2, 0.25) is 10.0 Å². The molecule has 1 aromatic carbocycles. The zero-order chi connectivity index (χ0) is 14.9. The molecule has 0 bridgehead atoms. The number of nitrogens with two attached hydrogens (primary N) is 1. The minimum atomic E-state index is -3.42. The number of nitrogens with zero attached hydrogens (tertiary/aromatic N) is 1. The van der Waals surface area contributed by atoms with Gasteiger partial charge in [-0.1, -0.05) is 31.0 Å². The fourth-order valence-corrected chi connectivity index (χ4v) is 5.92. The van der Waals surface area contributed by atoms with Crippen LogP contribution in [-0.4, -0.2) is 25.3 Å². The van der Waals surface area contributed by atoms with Gasteiger partial charge in [0, 0.05) is 19.1 Å². The lowest BCUT2D eigenvalue weighted by Gasteiger charge is -2.43. The van der Waals surface area contributed by atoms with E-state index in [0.717, 1.165) is 24.8 Å².